The van der Waals surface area contributed by atoms with Crippen molar-refractivity contribution in [2.24, 2.45) is 0 Å². The van der Waals surface area contributed by atoms with Gasteiger partial charge in [-0.25, -0.2) is 0 Å². The van der Waals surface area contributed by atoms with E-state index in [-0.39, 0.29) is 19.0 Å². The van der Waals surface area contributed by atoms with Crippen molar-refractivity contribution in [2.45, 2.75) is 18.4 Å². The first-order chi connectivity index (χ1) is 15.6. The first kappa shape index (κ1) is 22.9. The maximum atomic E-state index is 11.1. The van der Waals surface area contributed by atoms with E-state index in [0.717, 1.165) is 46.8 Å². The Hall–Kier alpha value is -3.28. The van der Waals surface area contributed by atoms with Crippen molar-refractivity contribution in [3.8, 4) is 17.2 Å². The second kappa shape index (κ2) is 9.69. The van der Waals surface area contributed by atoms with Crippen molar-refractivity contribution in [3.63, 3.8) is 0 Å². The molecule has 0 radical (unpaired) electrons. The molecule has 5 nitrogen and oxygen atoms in total. The van der Waals surface area contributed by atoms with Gasteiger partial charge in [-0.3, -0.25) is 9.69 Å². The van der Waals surface area contributed by atoms with Crippen molar-refractivity contribution in [3.05, 3.63) is 96.1 Å². The number of carbonyl (C=O) groups is 1. The number of hydrogen-bond donors (Lipinski definition) is 1. The van der Waals surface area contributed by atoms with E-state index >= 15 is 0 Å². The van der Waals surface area contributed by atoms with E-state index < -0.39 is 11.6 Å². The largest absolute Gasteiger partial charge is 0.482 e. The SMILES string of the molecule is Cl.O=C(O)CN1CCC2(C=C(c3ccc(Oc4ccccc4)cc3)c3ccccc3O2)CC1. The van der Waals surface area contributed by atoms with Crippen molar-refractivity contribution in [2.75, 3.05) is 19.6 Å². The molecule has 0 saturated carbocycles. The summed E-state index contributed by atoms with van der Waals surface area (Å²) in [6, 6.07) is 26.0. The number of para-hydroxylation sites is 2. The van der Waals surface area contributed by atoms with Crippen molar-refractivity contribution >= 4 is 23.9 Å². The zero-order chi connectivity index (χ0) is 22.0. The van der Waals surface area contributed by atoms with Crippen LogP contribution in [0.25, 0.3) is 5.57 Å². The van der Waals surface area contributed by atoms with Gasteiger partial charge in [-0.15, -0.1) is 12.4 Å². The molecule has 0 aliphatic carbocycles. The lowest BCUT2D eigenvalue weighted by Gasteiger charge is -2.42. The maximum absolute atomic E-state index is 11.1. The Morgan fingerprint density at radius 3 is 2.24 bits per heavy atom. The Bertz CT molecular complexity index is 1140. The number of fused-ring (bicyclic) bond motifs is 1. The predicted octanol–water partition coefficient (Wildman–Crippen LogP) is 5.64. The van der Waals surface area contributed by atoms with E-state index in [1.807, 2.05) is 65.6 Å². The lowest BCUT2D eigenvalue weighted by Crippen LogP contribution is -2.49. The number of piperidine rings is 1. The molecule has 2 aliphatic heterocycles. The molecule has 2 aliphatic rings. The van der Waals surface area contributed by atoms with Crippen LogP contribution in [-0.2, 0) is 4.79 Å². The van der Waals surface area contributed by atoms with Crippen molar-refractivity contribution in [1.29, 1.82) is 0 Å². The Kier molecular flexibility index (Phi) is 6.72. The number of benzene rings is 3. The number of carboxylic acids is 1. The number of halogens is 1. The van der Waals surface area contributed by atoms with Gasteiger partial charge < -0.3 is 14.6 Å². The first-order valence-electron chi connectivity index (χ1n) is 10.9. The molecule has 0 atom stereocenters. The Morgan fingerprint density at radius 1 is 0.909 bits per heavy atom. The fourth-order valence-electron chi connectivity index (χ4n) is 4.46. The summed E-state index contributed by atoms with van der Waals surface area (Å²) in [6.45, 7) is 1.47. The molecule has 170 valence electrons. The van der Waals surface area contributed by atoms with Gasteiger partial charge in [0.1, 0.15) is 22.8 Å². The zero-order valence-corrected chi connectivity index (χ0v) is 19.0. The number of carboxylic acid groups (broad SMARTS) is 1. The summed E-state index contributed by atoms with van der Waals surface area (Å²) < 4.78 is 12.4. The van der Waals surface area contributed by atoms with Gasteiger partial charge in [0.2, 0.25) is 0 Å². The van der Waals surface area contributed by atoms with E-state index in [2.05, 4.69) is 24.3 Å². The quantitative estimate of drug-likeness (QED) is 0.530. The molecule has 3 aromatic carbocycles. The van der Waals surface area contributed by atoms with Gasteiger partial charge in [0.05, 0.1) is 6.54 Å². The fourth-order valence-corrected chi connectivity index (χ4v) is 4.46. The normalized spacial score (nSPS) is 16.7. The molecule has 1 fully saturated rings. The molecule has 2 heterocycles. The third-order valence-corrected chi connectivity index (χ3v) is 6.10. The lowest BCUT2D eigenvalue weighted by atomic mass is 9.83. The minimum atomic E-state index is -0.787. The standard InChI is InChI=1S/C27H25NO4.ClH/c29-26(30)19-28-16-14-27(15-17-28)18-24(23-8-4-5-9-25(23)32-27)20-10-12-22(13-11-20)31-21-6-2-1-3-7-21;/h1-13,18H,14-17,19H2,(H,29,30);1H. The highest BCUT2D eigenvalue weighted by Crippen LogP contribution is 2.43. The number of rotatable bonds is 5. The summed E-state index contributed by atoms with van der Waals surface area (Å²) in [5.74, 6) is 1.69. The molecule has 1 spiro atoms. The molecule has 1 N–H and O–H groups in total. The average molecular weight is 464 g/mol. The highest BCUT2D eigenvalue weighted by Gasteiger charge is 2.39. The number of aliphatic carboxylic acids is 1. The van der Waals surface area contributed by atoms with Crippen molar-refractivity contribution < 1.29 is 19.4 Å². The molecule has 0 amide bonds. The minimum Gasteiger partial charge on any atom is -0.482 e. The van der Waals surface area contributed by atoms with E-state index in [9.17, 15) is 4.79 Å². The van der Waals surface area contributed by atoms with Crippen LogP contribution in [0.5, 0.6) is 17.2 Å². The highest BCUT2D eigenvalue weighted by atomic mass is 35.5. The predicted molar refractivity (Wildman–Crippen MR) is 130 cm³/mol. The number of ether oxygens (including phenoxy) is 2. The Labute approximate surface area is 199 Å². The van der Waals surface area contributed by atoms with Crippen LogP contribution in [0.2, 0.25) is 0 Å². The van der Waals surface area contributed by atoms with Crippen LogP contribution < -0.4 is 9.47 Å². The molecular formula is C27H26ClNO4. The van der Waals surface area contributed by atoms with Crippen LogP contribution in [-0.4, -0.2) is 41.2 Å². The summed E-state index contributed by atoms with van der Waals surface area (Å²) in [7, 11) is 0. The van der Waals surface area contributed by atoms with Gasteiger partial charge in [-0.1, -0.05) is 48.5 Å². The van der Waals surface area contributed by atoms with Gasteiger partial charge in [-0.2, -0.15) is 0 Å². The fraction of sp³-hybridized carbons (Fsp3) is 0.222. The molecule has 0 unspecified atom stereocenters. The molecule has 33 heavy (non-hydrogen) atoms. The van der Waals surface area contributed by atoms with Gasteiger partial charge in [0.25, 0.3) is 0 Å². The van der Waals surface area contributed by atoms with Gasteiger partial charge in [0.15, 0.2) is 0 Å². The van der Waals surface area contributed by atoms with E-state index in [0.29, 0.717) is 13.1 Å². The number of likely N-dealkylation sites (tertiary alicyclic amines) is 1. The van der Waals surface area contributed by atoms with E-state index in [1.54, 1.807) is 0 Å². The monoisotopic (exact) mass is 463 g/mol. The molecule has 0 aromatic heterocycles. The number of hydrogen-bond acceptors (Lipinski definition) is 4. The van der Waals surface area contributed by atoms with Crippen LogP contribution in [0.15, 0.2) is 84.9 Å². The highest BCUT2D eigenvalue weighted by molar-refractivity contribution is 5.85. The summed E-state index contributed by atoms with van der Waals surface area (Å²) in [5, 5.41) is 9.11. The topological polar surface area (TPSA) is 59.0 Å². The summed E-state index contributed by atoms with van der Waals surface area (Å²) in [4.78, 5) is 13.1. The van der Waals surface area contributed by atoms with Gasteiger partial charge in [-0.05, 0) is 47.5 Å². The average Bonchev–Trinajstić information content (AvgIpc) is 2.81. The summed E-state index contributed by atoms with van der Waals surface area (Å²) in [6.07, 6.45) is 3.75. The molecule has 0 bridgehead atoms. The second-order valence-electron chi connectivity index (χ2n) is 8.33. The van der Waals surface area contributed by atoms with Gasteiger partial charge >= 0.3 is 5.97 Å². The maximum Gasteiger partial charge on any atom is 0.317 e. The third-order valence-electron chi connectivity index (χ3n) is 6.10. The van der Waals surface area contributed by atoms with Crippen LogP contribution in [0.4, 0.5) is 0 Å². The van der Waals surface area contributed by atoms with Crippen LogP contribution in [0.3, 0.4) is 0 Å². The first-order valence-corrected chi connectivity index (χ1v) is 10.9. The van der Waals surface area contributed by atoms with E-state index in [1.165, 1.54) is 0 Å². The van der Waals surface area contributed by atoms with Crippen molar-refractivity contribution in [1.82, 2.24) is 4.90 Å². The molecule has 6 heteroatoms. The molecule has 3 aromatic rings. The lowest BCUT2D eigenvalue weighted by molar-refractivity contribution is -0.139. The Balaban J connectivity index is 0.00000259. The number of nitrogens with zero attached hydrogens (tertiary/aromatic N) is 1. The van der Waals surface area contributed by atoms with Gasteiger partial charge in [0, 0.05) is 31.5 Å². The molecule has 1 saturated heterocycles. The van der Waals surface area contributed by atoms with E-state index in [4.69, 9.17) is 14.6 Å². The second-order valence-corrected chi connectivity index (χ2v) is 8.33. The summed E-state index contributed by atoms with van der Waals surface area (Å²) >= 11 is 0. The third kappa shape index (κ3) is 5.05. The minimum absolute atomic E-state index is 0. The summed E-state index contributed by atoms with van der Waals surface area (Å²) in [5.41, 5.74) is 2.90. The van der Waals surface area contributed by atoms with Crippen LogP contribution in [0.1, 0.15) is 24.0 Å². The molecular weight excluding hydrogens is 438 g/mol. The van der Waals surface area contributed by atoms with Crippen LogP contribution >= 0.6 is 12.4 Å². The smallest absolute Gasteiger partial charge is 0.317 e. The Morgan fingerprint density at radius 2 is 1.55 bits per heavy atom. The zero-order valence-electron chi connectivity index (χ0n) is 18.1. The molecule has 5 rings (SSSR count). The van der Waals surface area contributed by atoms with Crippen LogP contribution in [0, 0.1) is 0 Å².